The van der Waals surface area contributed by atoms with Gasteiger partial charge in [-0.3, -0.25) is 4.99 Å². The number of halogens is 1. The van der Waals surface area contributed by atoms with Gasteiger partial charge in [0.2, 0.25) is 0 Å². The maximum atomic E-state index is 12.2. The van der Waals surface area contributed by atoms with Gasteiger partial charge in [-0.2, -0.15) is 0 Å². The van der Waals surface area contributed by atoms with Gasteiger partial charge < -0.3 is 20.1 Å². The number of guanidine groups is 1. The zero-order valence-electron chi connectivity index (χ0n) is 19.1. The van der Waals surface area contributed by atoms with E-state index >= 15 is 0 Å². The van der Waals surface area contributed by atoms with Gasteiger partial charge in [-0.15, -0.1) is 24.0 Å². The number of hydrogen-bond donors (Lipinski definition) is 2. The van der Waals surface area contributed by atoms with Crippen LogP contribution in [0.5, 0.6) is 11.5 Å². The molecule has 0 unspecified atom stereocenters. The second-order valence-electron chi connectivity index (χ2n) is 7.52. The molecule has 0 heterocycles. The van der Waals surface area contributed by atoms with Gasteiger partial charge in [0, 0.05) is 13.1 Å². The Bertz CT molecular complexity index is 762. The normalized spacial score (nSPS) is 12.1. The predicted molar refractivity (Wildman–Crippen MR) is 135 cm³/mol. The molecule has 0 aliphatic heterocycles. The third-order valence-electron chi connectivity index (χ3n) is 4.22. The topological polar surface area (TPSA) is 89.0 Å². The van der Waals surface area contributed by atoms with E-state index in [1.807, 2.05) is 39.0 Å². The van der Waals surface area contributed by atoms with Crippen LogP contribution in [0, 0.1) is 0 Å². The number of nitrogens with zero attached hydrogens (tertiary/aromatic N) is 1. The minimum atomic E-state index is -3.18. The fourth-order valence-corrected chi connectivity index (χ4v) is 3.45. The van der Waals surface area contributed by atoms with E-state index < -0.39 is 14.6 Å². The molecule has 9 heteroatoms. The predicted octanol–water partition coefficient (Wildman–Crippen LogP) is 3.41. The number of nitrogens with one attached hydrogen (secondary N) is 2. The molecular formula is C21H38IN3O4S. The van der Waals surface area contributed by atoms with Crippen molar-refractivity contribution in [3.05, 3.63) is 23.8 Å². The molecule has 0 saturated heterocycles. The first kappa shape index (κ1) is 28.8. The Labute approximate surface area is 199 Å². The van der Waals surface area contributed by atoms with Crippen molar-refractivity contribution in [3.8, 4) is 11.5 Å². The lowest BCUT2D eigenvalue weighted by Crippen LogP contribution is -2.39. The maximum Gasteiger partial charge on any atom is 0.191 e. The van der Waals surface area contributed by atoms with E-state index in [1.54, 1.807) is 20.8 Å². The van der Waals surface area contributed by atoms with Crippen LogP contribution >= 0.6 is 24.0 Å². The zero-order valence-corrected chi connectivity index (χ0v) is 22.2. The van der Waals surface area contributed by atoms with Crippen LogP contribution in [-0.4, -0.2) is 57.7 Å². The molecule has 0 radical (unpaired) electrons. The number of ether oxygens (including phenoxy) is 2. The van der Waals surface area contributed by atoms with Gasteiger partial charge in [-0.05, 0) is 65.7 Å². The van der Waals surface area contributed by atoms with Crippen molar-refractivity contribution in [2.75, 3.05) is 38.6 Å². The van der Waals surface area contributed by atoms with Crippen LogP contribution < -0.4 is 20.1 Å². The second kappa shape index (κ2) is 14.0. The quantitative estimate of drug-likeness (QED) is 0.247. The molecular weight excluding hydrogens is 517 g/mol. The summed E-state index contributed by atoms with van der Waals surface area (Å²) < 4.78 is 34.9. The molecule has 0 saturated carbocycles. The van der Waals surface area contributed by atoms with Crippen LogP contribution in [0.2, 0.25) is 0 Å². The molecule has 0 aromatic heterocycles. The van der Waals surface area contributed by atoms with Crippen molar-refractivity contribution in [1.82, 2.24) is 10.6 Å². The van der Waals surface area contributed by atoms with Crippen molar-refractivity contribution in [2.45, 2.75) is 52.7 Å². The zero-order chi connectivity index (χ0) is 21.9. The van der Waals surface area contributed by atoms with Gasteiger partial charge in [0.15, 0.2) is 27.3 Å². The van der Waals surface area contributed by atoms with E-state index in [2.05, 4.69) is 15.6 Å². The maximum absolute atomic E-state index is 12.2. The molecule has 2 N–H and O–H groups in total. The Morgan fingerprint density at radius 3 is 2.23 bits per heavy atom. The minimum absolute atomic E-state index is 0. The van der Waals surface area contributed by atoms with Crippen LogP contribution in [0.15, 0.2) is 23.2 Å². The van der Waals surface area contributed by atoms with Crippen molar-refractivity contribution in [3.63, 3.8) is 0 Å². The fourth-order valence-electron chi connectivity index (χ4n) is 2.50. The average molecular weight is 556 g/mol. The summed E-state index contributed by atoms with van der Waals surface area (Å²) in [4.78, 5) is 4.40. The van der Waals surface area contributed by atoms with Gasteiger partial charge in [-0.25, -0.2) is 8.42 Å². The van der Waals surface area contributed by atoms with Crippen LogP contribution in [0.1, 0.15) is 47.1 Å². The second-order valence-corrected chi connectivity index (χ2v) is 10.4. The molecule has 174 valence electrons. The summed E-state index contributed by atoms with van der Waals surface area (Å²) in [5.74, 6) is 2.15. The molecule has 30 heavy (non-hydrogen) atoms. The average Bonchev–Trinajstić information content (AvgIpc) is 2.63. The van der Waals surface area contributed by atoms with Gasteiger partial charge in [-0.1, -0.05) is 6.07 Å². The van der Waals surface area contributed by atoms with E-state index in [1.165, 1.54) is 0 Å². The smallest absolute Gasteiger partial charge is 0.191 e. The number of hydrogen-bond acceptors (Lipinski definition) is 5. The Hall–Kier alpha value is -1.23. The molecule has 0 aliphatic rings. The summed E-state index contributed by atoms with van der Waals surface area (Å²) in [5.41, 5.74) is 1.12. The molecule has 1 rings (SSSR count). The van der Waals surface area contributed by atoms with Crippen LogP contribution in [0.3, 0.4) is 0 Å². The first-order valence-electron chi connectivity index (χ1n) is 10.3. The Morgan fingerprint density at radius 1 is 1.03 bits per heavy atom. The van der Waals surface area contributed by atoms with E-state index in [0.717, 1.165) is 23.5 Å². The summed E-state index contributed by atoms with van der Waals surface area (Å²) in [6.07, 6.45) is 0.775. The largest absolute Gasteiger partial charge is 0.490 e. The highest BCUT2D eigenvalue weighted by atomic mass is 127. The molecule has 0 bridgehead atoms. The lowest BCUT2D eigenvalue weighted by atomic mass is 10.1. The molecule has 1 aromatic carbocycles. The Morgan fingerprint density at radius 2 is 1.67 bits per heavy atom. The molecule has 0 spiro atoms. The molecule has 0 atom stereocenters. The minimum Gasteiger partial charge on any atom is -0.490 e. The van der Waals surface area contributed by atoms with E-state index in [4.69, 9.17) is 9.47 Å². The van der Waals surface area contributed by atoms with Crippen LogP contribution in [0.25, 0.3) is 0 Å². The summed E-state index contributed by atoms with van der Waals surface area (Å²) in [6, 6.07) is 5.95. The summed E-state index contributed by atoms with van der Waals surface area (Å²) >= 11 is 0. The first-order valence-corrected chi connectivity index (χ1v) is 11.9. The first-order chi connectivity index (χ1) is 13.6. The number of rotatable bonds is 11. The number of benzene rings is 1. The highest BCUT2D eigenvalue weighted by Crippen LogP contribution is 2.28. The van der Waals surface area contributed by atoms with E-state index in [-0.39, 0.29) is 36.3 Å². The van der Waals surface area contributed by atoms with Gasteiger partial charge >= 0.3 is 0 Å². The van der Waals surface area contributed by atoms with E-state index in [9.17, 15) is 8.42 Å². The molecule has 0 amide bonds. The number of sulfone groups is 1. The summed E-state index contributed by atoms with van der Waals surface area (Å²) in [5, 5.41) is 6.41. The lowest BCUT2D eigenvalue weighted by Gasteiger charge is -2.18. The Kier molecular flexibility index (Phi) is 13.4. The molecule has 1 aromatic rings. The van der Waals surface area contributed by atoms with Crippen LogP contribution in [0.4, 0.5) is 0 Å². The third-order valence-corrected chi connectivity index (χ3v) is 6.81. The third kappa shape index (κ3) is 9.72. The monoisotopic (exact) mass is 555 g/mol. The van der Waals surface area contributed by atoms with E-state index in [0.29, 0.717) is 32.3 Å². The van der Waals surface area contributed by atoms with Crippen molar-refractivity contribution >= 4 is 39.8 Å². The summed E-state index contributed by atoms with van der Waals surface area (Å²) in [6.45, 7) is 13.8. The van der Waals surface area contributed by atoms with Crippen LogP contribution in [-0.2, 0) is 16.3 Å². The van der Waals surface area contributed by atoms with Crippen molar-refractivity contribution in [2.24, 2.45) is 4.99 Å². The van der Waals surface area contributed by atoms with Gasteiger partial charge in [0.25, 0.3) is 0 Å². The molecule has 0 fully saturated rings. The SMILES string of the molecule is CCNC(=NCCS(=O)(=O)C(C)(C)C)NCCc1ccc(OCC)c(OCC)c1.I. The highest BCUT2D eigenvalue weighted by molar-refractivity contribution is 14.0. The lowest BCUT2D eigenvalue weighted by molar-refractivity contribution is 0.287. The summed E-state index contributed by atoms with van der Waals surface area (Å²) in [7, 11) is -3.18. The molecule has 0 aliphatic carbocycles. The highest BCUT2D eigenvalue weighted by Gasteiger charge is 2.28. The Balaban J connectivity index is 0.00000841. The van der Waals surface area contributed by atoms with Crippen molar-refractivity contribution < 1.29 is 17.9 Å². The number of aliphatic imine (C=N–C) groups is 1. The fraction of sp³-hybridized carbons (Fsp3) is 0.667. The van der Waals surface area contributed by atoms with Gasteiger partial charge in [0.05, 0.1) is 30.3 Å². The van der Waals surface area contributed by atoms with Crippen molar-refractivity contribution in [1.29, 1.82) is 0 Å². The standard InChI is InChI=1S/C21H37N3O4S.HI/c1-7-22-20(24-14-15-29(25,26)21(4,5)6)23-13-12-17-10-11-18(27-8-2)19(16-17)28-9-3;/h10-11,16H,7-9,12-15H2,1-6H3,(H2,22,23,24);1H. The molecule has 7 nitrogen and oxygen atoms in total. The van der Waals surface area contributed by atoms with Gasteiger partial charge in [0.1, 0.15) is 0 Å².